The molecule has 1 fully saturated rings. The van der Waals surface area contributed by atoms with Gasteiger partial charge in [-0.15, -0.1) is 0 Å². The van der Waals surface area contributed by atoms with Crippen molar-refractivity contribution in [3.63, 3.8) is 0 Å². The molecule has 7 heteroatoms. The maximum absolute atomic E-state index is 15.5. The third kappa shape index (κ3) is 5.95. The molecule has 192 valence electrons. The summed E-state index contributed by atoms with van der Waals surface area (Å²) < 4.78 is 28.2. The van der Waals surface area contributed by atoms with Gasteiger partial charge in [-0.25, -0.2) is 9.18 Å². The number of aliphatic carboxylic acids is 1. The van der Waals surface area contributed by atoms with Crippen molar-refractivity contribution in [3.8, 4) is 28.1 Å². The average Bonchev–Trinajstić information content (AvgIpc) is 3.23. The minimum atomic E-state index is -0.927. The molecule has 36 heavy (non-hydrogen) atoms. The molecule has 4 rings (SSSR count). The predicted molar refractivity (Wildman–Crippen MR) is 138 cm³/mol. The number of rotatable bonds is 11. The predicted octanol–water partition coefficient (Wildman–Crippen LogP) is 6.22. The third-order valence-electron chi connectivity index (χ3n) is 7.02. The number of methoxy groups -OCH3 is 1. The van der Waals surface area contributed by atoms with E-state index in [1.54, 1.807) is 6.07 Å². The molecular formula is C29H35FN2O4. The van der Waals surface area contributed by atoms with Gasteiger partial charge in [0.2, 0.25) is 0 Å². The van der Waals surface area contributed by atoms with Gasteiger partial charge in [0.25, 0.3) is 0 Å². The molecule has 1 aromatic heterocycles. The van der Waals surface area contributed by atoms with Gasteiger partial charge in [-0.3, -0.25) is 4.68 Å². The lowest BCUT2D eigenvalue weighted by Gasteiger charge is -2.28. The molecule has 0 aliphatic heterocycles. The van der Waals surface area contributed by atoms with Gasteiger partial charge in [0.05, 0.1) is 13.7 Å². The second-order valence-corrected chi connectivity index (χ2v) is 9.59. The average molecular weight is 495 g/mol. The summed E-state index contributed by atoms with van der Waals surface area (Å²) in [5, 5.41) is 13.9. The number of benzene rings is 2. The van der Waals surface area contributed by atoms with Crippen LogP contribution in [0.25, 0.3) is 22.4 Å². The number of ether oxygens (including phenoxy) is 2. The Kier molecular flexibility index (Phi) is 8.75. The molecule has 1 N–H and O–H groups in total. The van der Waals surface area contributed by atoms with Gasteiger partial charge in [-0.2, -0.15) is 5.10 Å². The molecule has 0 saturated heterocycles. The van der Waals surface area contributed by atoms with Crippen LogP contribution in [0, 0.1) is 17.7 Å². The molecule has 0 radical (unpaired) electrons. The van der Waals surface area contributed by atoms with Crippen LogP contribution in [-0.4, -0.2) is 41.2 Å². The quantitative estimate of drug-likeness (QED) is 0.342. The van der Waals surface area contributed by atoms with Crippen molar-refractivity contribution in [2.45, 2.75) is 52.0 Å². The Bertz CT molecular complexity index is 1150. The fourth-order valence-corrected chi connectivity index (χ4v) is 5.22. The van der Waals surface area contributed by atoms with Gasteiger partial charge < -0.3 is 14.6 Å². The molecular weight excluding hydrogens is 459 g/mol. The number of halogens is 1. The summed E-state index contributed by atoms with van der Waals surface area (Å²) in [5.74, 6) is -0.207. The van der Waals surface area contributed by atoms with Crippen LogP contribution in [0.4, 0.5) is 4.39 Å². The lowest BCUT2D eigenvalue weighted by molar-refractivity contribution is -0.142. The van der Waals surface area contributed by atoms with Crippen LogP contribution in [0.3, 0.4) is 0 Å². The molecule has 0 spiro atoms. The Morgan fingerprint density at radius 3 is 2.47 bits per heavy atom. The van der Waals surface area contributed by atoms with E-state index >= 15 is 4.39 Å². The Morgan fingerprint density at radius 1 is 1.08 bits per heavy atom. The zero-order chi connectivity index (χ0) is 25.5. The molecule has 6 nitrogen and oxygen atoms in total. The van der Waals surface area contributed by atoms with Crippen molar-refractivity contribution in [3.05, 3.63) is 60.0 Å². The number of carboxylic acid groups (broad SMARTS) is 1. The maximum atomic E-state index is 15.5. The van der Waals surface area contributed by atoms with Gasteiger partial charge in [0.15, 0.2) is 11.6 Å². The van der Waals surface area contributed by atoms with E-state index in [-0.39, 0.29) is 18.2 Å². The topological polar surface area (TPSA) is 73.6 Å². The summed E-state index contributed by atoms with van der Waals surface area (Å²) in [4.78, 5) is 10.7. The van der Waals surface area contributed by atoms with Crippen LogP contribution in [-0.2, 0) is 22.5 Å². The van der Waals surface area contributed by atoms with E-state index in [2.05, 4.69) is 11.6 Å². The minimum absolute atomic E-state index is 0.227. The highest BCUT2D eigenvalue weighted by Crippen LogP contribution is 2.40. The Balaban J connectivity index is 1.64. The summed E-state index contributed by atoms with van der Waals surface area (Å²) in [6.45, 7) is 3.18. The van der Waals surface area contributed by atoms with Crippen LogP contribution >= 0.6 is 0 Å². The van der Waals surface area contributed by atoms with Crippen LogP contribution in [0.15, 0.2) is 48.5 Å². The third-order valence-corrected chi connectivity index (χ3v) is 7.02. The molecule has 0 unspecified atom stereocenters. The molecule has 1 aliphatic rings. The largest absolute Gasteiger partial charge is 0.494 e. The van der Waals surface area contributed by atoms with Crippen molar-refractivity contribution in [1.82, 2.24) is 9.78 Å². The molecule has 1 aliphatic carbocycles. The first-order valence-electron chi connectivity index (χ1n) is 12.8. The highest BCUT2D eigenvalue weighted by atomic mass is 19.1. The molecule has 0 atom stereocenters. The summed E-state index contributed by atoms with van der Waals surface area (Å²) in [5.41, 5.74) is 4.17. The van der Waals surface area contributed by atoms with E-state index in [9.17, 15) is 4.79 Å². The molecule has 0 bridgehead atoms. The minimum Gasteiger partial charge on any atom is -0.494 e. The molecule has 2 aromatic carbocycles. The number of hydrogen-bond donors (Lipinski definition) is 1. The van der Waals surface area contributed by atoms with Crippen LogP contribution in [0.1, 0.15) is 44.7 Å². The van der Waals surface area contributed by atoms with Gasteiger partial charge in [0, 0.05) is 28.9 Å². The number of nitrogens with zero attached hydrogens (tertiary/aromatic N) is 2. The van der Waals surface area contributed by atoms with Crippen molar-refractivity contribution in [2.75, 3.05) is 20.3 Å². The number of aromatic nitrogens is 2. The normalized spacial score (nSPS) is 17.8. The van der Waals surface area contributed by atoms with E-state index in [0.29, 0.717) is 24.0 Å². The zero-order valence-corrected chi connectivity index (χ0v) is 21.1. The lowest BCUT2D eigenvalue weighted by atomic mass is 9.82. The molecule has 1 saturated carbocycles. The monoisotopic (exact) mass is 494 g/mol. The van der Waals surface area contributed by atoms with Gasteiger partial charge in [0.1, 0.15) is 12.3 Å². The van der Waals surface area contributed by atoms with E-state index in [4.69, 9.17) is 19.7 Å². The SMILES string of the molecule is CCCc1c(-c2cccc(OC)c2F)c(-c2ccccc2)nn1CC1CCC(COCC(=O)O)CC1. The lowest BCUT2D eigenvalue weighted by Crippen LogP contribution is -2.23. The first-order valence-corrected chi connectivity index (χ1v) is 12.8. The second-order valence-electron chi connectivity index (χ2n) is 9.59. The van der Waals surface area contributed by atoms with Crippen molar-refractivity contribution < 1.29 is 23.8 Å². The van der Waals surface area contributed by atoms with Gasteiger partial charge >= 0.3 is 5.97 Å². The van der Waals surface area contributed by atoms with Crippen LogP contribution in [0.5, 0.6) is 5.75 Å². The second kappa shape index (κ2) is 12.2. The fraction of sp³-hybridized carbons (Fsp3) is 0.448. The maximum Gasteiger partial charge on any atom is 0.329 e. The van der Waals surface area contributed by atoms with Crippen LogP contribution < -0.4 is 4.74 Å². The van der Waals surface area contributed by atoms with E-state index in [0.717, 1.165) is 67.6 Å². The van der Waals surface area contributed by atoms with E-state index in [1.807, 2.05) is 42.5 Å². The van der Waals surface area contributed by atoms with Crippen molar-refractivity contribution in [2.24, 2.45) is 11.8 Å². The Labute approximate surface area is 212 Å². The summed E-state index contributed by atoms with van der Waals surface area (Å²) >= 11 is 0. The Morgan fingerprint density at radius 2 is 1.81 bits per heavy atom. The van der Waals surface area contributed by atoms with E-state index < -0.39 is 5.97 Å². The molecule has 3 aromatic rings. The summed E-state index contributed by atoms with van der Waals surface area (Å²) in [6.07, 6.45) is 5.82. The highest BCUT2D eigenvalue weighted by Gasteiger charge is 2.27. The standard InChI is InChI=1S/C29H35FN2O4/c1-3-8-24-27(23-11-7-12-25(35-2)28(23)30)29(22-9-5-4-6-10-22)31-32(24)17-20-13-15-21(16-14-20)18-36-19-26(33)34/h4-7,9-12,20-21H,3,8,13-19H2,1-2H3,(H,33,34). The smallest absolute Gasteiger partial charge is 0.329 e. The highest BCUT2D eigenvalue weighted by molar-refractivity contribution is 5.83. The first kappa shape index (κ1) is 25.9. The summed E-state index contributed by atoms with van der Waals surface area (Å²) in [6, 6.07) is 15.3. The number of carbonyl (C=O) groups is 1. The number of hydrogen-bond acceptors (Lipinski definition) is 4. The zero-order valence-electron chi connectivity index (χ0n) is 21.1. The first-order chi connectivity index (χ1) is 17.5. The van der Waals surface area contributed by atoms with Crippen molar-refractivity contribution >= 4 is 5.97 Å². The summed E-state index contributed by atoms with van der Waals surface area (Å²) in [7, 11) is 1.49. The van der Waals surface area contributed by atoms with Gasteiger partial charge in [-0.1, -0.05) is 55.8 Å². The van der Waals surface area contributed by atoms with Crippen molar-refractivity contribution in [1.29, 1.82) is 0 Å². The van der Waals surface area contributed by atoms with Gasteiger partial charge in [-0.05, 0) is 50.0 Å². The number of carboxylic acids is 1. The fourth-order valence-electron chi connectivity index (χ4n) is 5.22. The molecule has 1 heterocycles. The Hall–Kier alpha value is -3.19. The molecule has 0 amide bonds. The van der Waals surface area contributed by atoms with E-state index in [1.165, 1.54) is 7.11 Å². The van der Waals surface area contributed by atoms with Crippen LogP contribution in [0.2, 0.25) is 0 Å².